The van der Waals surface area contributed by atoms with Crippen LogP contribution in [0.3, 0.4) is 0 Å². The van der Waals surface area contributed by atoms with Crippen molar-refractivity contribution in [3.63, 3.8) is 0 Å². The summed E-state index contributed by atoms with van der Waals surface area (Å²) in [5.74, 6) is 0. The number of hydrogen-bond acceptors (Lipinski definition) is 2. The standard InChI is InChI=1S/C17H20ClNO/c1-3-17(20)15-6-4-5-7-16(15)19(2)12-13-8-10-14(18)11-9-13/h4-11,17,20H,3,12H2,1-2H3/t17-/m1/s1. The molecule has 0 aliphatic rings. The Morgan fingerprint density at radius 1 is 1.10 bits per heavy atom. The van der Waals surface area contributed by atoms with E-state index in [1.807, 2.05) is 62.5 Å². The van der Waals surface area contributed by atoms with Gasteiger partial charge in [0.2, 0.25) is 0 Å². The maximum absolute atomic E-state index is 10.1. The first-order chi connectivity index (χ1) is 9.61. The number of halogens is 1. The van der Waals surface area contributed by atoms with Crippen molar-refractivity contribution in [2.75, 3.05) is 11.9 Å². The average molecular weight is 290 g/mol. The molecule has 0 aromatic heterocycles. The van der Waals surface area contributed by atoms with E-state index in [4.69, 9.17) is 11.6 Å². The molecule has 2 aromatic rings. The van der Waals surface area contributed by atoms with Crippen molar-refractivity contribution >= 4 is 17.3 Å². The number of aliphatic hydroxyl groups excluding tert-OH is 1. The molecule has 0 aliphatic heterocycles. The first-order valence-electron chi connectivity index (χ1n) is 6.84. The SMILES string of the molecule is CC[C@@H](O)c1ccccc1N(C)Cc1ccc(Cl)cc1. The van der Waals surface area contributed by atoms with Crippen LogP contribution in [0.1, 0.15) is 30.6 Å². The van der Waals surface area contributed by atoms with E-state index < -0.39 is 6.10 Å². The first-order valence-corrected chi connectivity index (χ1v) is 7.22. The third kappa shape index (κ3) is 3.53. The molecule has 0 saturated carbocycles. The van der Waals surface area contributed by atoms with Gasteiger partial charge in [-0.2, -0.15) is 0 Å². The molecule has 0 spiro atoms. The predicted molar refractivity (Wildman–Crippen MR) is 85.3 cm³/mol. The summed E-state index contributed by atoms with van der Waals surface area (Å²) in [5.41, 5.74) is 3.24. The van der Waals surface area contributed by atoms with Crippen molar-refractivity contribution in [2.45, 2.75) is 26.0 Å². The van der Waals surface area contributed by atoms with Crippen LogP contribution >= 0.6 is 11.6 Å². The third-order valence-corrected chi connectivity index (χ3v) is 3.68. The summed E-state index contributed by atoms with van der Waals surface area (Å²) in [7, 11) is 2.04. The third-order valence-electron chi connectivity index (χ3n) is 3.43. The lowest BCUT2D eigenvalue weighted by atomic mass is 10.0. The quantitative estimate of drug-likeness (QED) is 0.881. The molecule has 0 amide bonds. The summed E-state index contributed by atoms with van der Waals surface area (Å²) in [4.78, 5) is 2.15. The van der Waals surface area contributed by atoms with E-state index in [-0.39, 0.29) is 0 Å². The number of aliphatic hydroxyl groups is 1. The number of rotatable bonds is 5. The van der Waals surface area contributed by atoms with E-state index in [0.29, 0.717) is 6.42 Å². The normalized spacial score (nSPS) is 12.2. The van der Waals surface area contributed by atoms with Crippen LogP contribution in [-0.4, -0.2) is 12.2 Å². The Kier molecular flexibility index (Phi) is 5.05. The lowest BCUT2D eigenvalue weighted by Gasteiger charge is -2.24. The van der Waals surface area contributed by atoms with Gasteiger partial charge >= 0.3 is 0 Å². The van der Waals surface area contributed by atoms with Crippen LogP contribution in [0.2, 0.25) is 5.02 Å². The van der Waals surface area contributed by atoms with Crippen LogP contribution in [0.5, 0.6) is 0 Å². The molecule has 1 atom stereocenters. The minimum absolute atomic E-state index is 0.418. The monoisotopic (exact) mass is 289 g/mol. The maximum Gasteiger partial charge on any atom is 0.0807 e. The van der Waals surface area contributed by atoms with Crippen molar-refractivity contribution in [2.24, 2.45) is 0 Å². The van der Waals surface area contributed by atoms with Crippen molar-refractivity contribution in [1.29, 1.82) is 0 Å². The second-order valence-electron chi connectivity index (χ2n) is 4.97. The lowest BCUT2D eigenvalue weighted by Crippen LogP contribution is -2.18. The zero-order valence-electron chi connectivity index (χ0n) is 11.9. The fourth-order valence-electron chi connectivity index (χ4n) is 2.29. The largest absolute Gasteiger partial charge is 0.388 e. The highest BCUT2D eigenvalue weighted by molar-refractivity contribution is 6.30. The average Bonchev–Trinajstić information content (AvgIpc) is 2.48. The second kappa shape index (κ2) is 6.78. The summed E-state index contributed by atoms with van der Waals surface area (Å²) in [6.45, 7) is 2.77. The van der Waals surface area contributed by atoms with Gasteiger partial charge < -0.3 is 10.0 Å². The summed E-state index contributed by atoms with van der Waals surface area (Å²) < 4.78 is 0. The molecule has 2 nitrogen and oxygen atoms in total. The van der Waals surface area contributed by atoms with Gasteiger partial charge in [0.1, 0.15) is 0 Å². The Labute approximate surface area is 125 Å². The zero-order chi connectivity index (χ0) is 14.5. The minimum atomic E-state index is -0.418. The number of anilines is 1. The first kappa shape index (κ1) is 14.9. The van der Waals surface area contributed by atoms with Gasteiger partial charge in [0.15, 0.2) is 0 Å². The fourth-order valence-corrected chi connectivity index (χ4v) is 2.41. The van der Waals surface area contributed by atoms with E-state index in [1.54, 1.807) is 0 Å². The van der Waals surface area contributed by atoms with Gasteiger partial charge in [0.25, 0.3) is 0 Å². The molecule has 0 radical (unpaired) electrons. The van der Waals surface area contributed by atoms with Crippen molar-refractivity contribution in [3.05, 3.63) is 64.7 Å². The molecule has 0 aliphatic carbocycles. The number of hydrogen-bond donors (Lipinski definition) is 1. The lowest BCUT2D eigenvalue weighted by molar-refractivity contribution is 0.174. The van der Waals surface area contributed by atoms with Crippen molar-refractivity contribution < 1.29 is 5.11 Å². The van der Waals surface area contributed by atoms with Gasteiger partial charge in [-0.3, -0.25) is 0 Å². The number of benzene rings is 2. The number of para-hydroxylation sites is 1. The highest BCUT2D eigenvalue weighted by atomic mass is 35.5. The van der Waals surface area contributed by atoms with Gasteiger partial charge in [0, 0.05) is 29.9 Å². The van der Waals surface area contributed by atoms with Crippen LogP contribution < -0.4 is 4.90 Å². The summed E-state index contributed by atoms with van der Waals surface area (Å²) in [6, 6.07) is 15.9. The van der Waals surface area contributed by atoms with Crippen LogP contribution in [0.25, 0.3) is 0 Å². The topological polar surface area (TPSA) is 23.5 Å². The molecular formula is C17H20ClNO. The van der Waals surface area contributed by atoms with Gasteiger partial charge in [-0.25, -0.2) is 0 Å². The summed E-state index contributed by atoms with van der Waals surface area (Å²) in [6.07, 6.45) is 0.296. The Bertz CT molecular complexity index is 553. The zero-order valence-corrected chi connectivity index (χ0v) is 12.6. The van der Waals surface area contributed by atoms with Crippen LogP contribution in [0.15, 0.2) is 48.5 Å². The van der Waals surface area contributed by atoms with Crippen LogP contribution in [0, 0.1) is 0 Å². The van der Waals surface area contributed by atoms with Gasteiger partial charge in [0.05, 0.1) is 6.10 Å². The molecule has 0 unspecified atom stereocenters. The number of nitrogens with zero attached hydrogens (tertiary/aromatic N) is 1. The minimum Gasteiger partial charge on any atom is -0.388 e. The Morgan fingerprint density at radius 2 is 1.75 bits per heavy atom. The van der Waals surface area contributed by atoms with E-state index in [2.05, 4.69) is 4.90 Å². The molecule has 20 heavy (non-hydrogen) atoms. The highest BCUT2D eigenvalue weighted by Crippen LogP contribution is 2.28. The van der Waals surface area contributed by atoms with E-state index >= 15 is 0 Å². The smallest absolute Gasteiger partial charge is 0.0807 e. The Hall–Kier alpha value is -1.51. The van der Waals surface area contributed by atoms with Crippen molar-refractivity contribution in [1.82, 2.24) is 0 Å². The van der Waals surface area contributed by atoms with Crippen molar-refractivity contribution in [3.8, 4) is 0 Å². The molecule has 0 fully saturated rings. The molecule has 2 aromatic carbocycles. The molecule has 106 valence electrons. The molecule has 0 bridgehead atoms. The molecule has 2 rings (SSSR count). The van der Waals surface area contributed by atoms with E-state index in [9.17, 15) is 5.11 Å². The van der Waals surface area contributed by atoms with Crippen LogP contribution in [-0.2, 0) is 6.54 Å². The Morgan fingerprint density at radius 3 is 2.40 bits per heavy atom. The molecule has 0 heterocycles. The predicted octanol–water partition coefficient (Wildman–Crippen LogP) is 4.42. The summed E-state index contributed by atoms with van der Waals surface area (Å²) >= 11 is 5.90. The molecule has 0 saturated heterocycles. The highest BCUT2D eigenvalue weighted by Gasteiger charge is 2.13. The molecule has 3 heteroatoms. The van der Waals surface area contributed by atoms with Gasteiger partial charge in [-0.1, -0.05) is 48.9 Å². The molecular weight excluding hydrogens is 270 g/mol. The molecule has 1 N–H and O–H groups in total. The van der Waals surface area contributed by atoms with E-state index in [1.165, 1.54) is 5.56 Å². The second-order valence-corrected chi connectivity index (χ2v) is 5.40. The van der Waals surface area contributed by atoms with Crippen LogP contribution in [0.4, 0.5) is 5.69 Å². The van der Waals surface area contributed by atoms with Gasteiger partial charge in [-0.05, 0) is 30.2 Å². The Balaban J connectivity index is 2.20. The maximum atomic E-state index is 10.1. The van der Waals surface area contributed by atoms with Gasteiger partial charge in [-0.15, -0.1) is 0 Å². The van der Waals surface area contributed by atoms with E-state index in [0.717, 1.165) is 22.8 Å². The fraction of sp³-hybridized carbons (Fsp3) is 0.294. The summed E-state index contributed by atoms with van der Waals surface area (Å²) in [5, 5.41) is 10.9.